The molecule has 1 aromatic rings. The van der Waals surface area contributed by atoms with Crippen molar-refractivity contribution in [3.05, 3.63) is 15.6 Å². The minimum Gasteiger partial charge on any atom is -0.313 e. The summed E-state index contributed by atoms with van der Waals surface area (Å²) in [7, 11) is 0. The molecule has 1 N–H and O–H groups in total. The highest BCUT2D eigenvalue weighted by Gasteiger charge is 2.27. The quantitative estimate of drug-likeness (QED) is 0.888. The van der Waals surface area contributed by atoms with E-state index >= 15 is 0 Å². The van der Waals surface area contributed by atoms with Gasteiger partial charge in [0.05, 0.1) is 5.69 Å². The molecular weight excluding hydrogens is 248 g/mol. The van der Waals surface area contributed by atoms with Crippen LogP contribution >= 0.6 is 23.1 Å². The van der Waals surface area contributed by atoms with Crippen LogP contribution in [0.4, 0.5) is 0 Å². The van der Waals surface area contributed by atoms with Crippen molar-refractivity contribution in [2.24, 2.45) is 0 Å². The van der Waals surface area contributed by atoms with E-state index in [-0.39, 0.29) is 0 Å². The Morgan fingerprint density at radius 1 is 1.41 bits per heavy atom. The average Bonchev–Trinajstić information content (AvgIpc) is 3.06. The van der Waals surface area contributed by atoms with Gasteiger partial charge in [0.2, 0.25) is 0 Å². The molecule has 1 fully saturated rings. The molecule has 2 nitrogen and oxygen atoms in total. The molecule has 1 unspecified atom stereocenters. The molecule has 0 radical (unpaired) electrons. The molecule has 1 atom stereocenters. The summed E-state index contributed by atoms with van der Waals surface area (Å²) in [5.41, 5.74) is 1.43. The molecule has 0 spiro atoms. The first-order chi connectivity index (χ1) is 8.36. The Morgan fingerprint density at radius 2 is 2.29 bits per heavy atom. The van der Waals surface area contributed by atoms with Gasteiger partial charge in [0.15, 0.2) is 0 Å². The van der Waals surface area contributed by atoms with E-state index in [4.69, 9.17) is 4.98 Å². The van der Waals surface area contributed by atoms with Crippen LogP contribution in [0.3, 0.4) is 0 Å². The number of hydrogen-bond donors (Lipinski definition) is 1. The molecule has 0 amide bonds. The van der Waals surface area contributed by atoms with Gasteiger partial charge < -0.3 is 5.32 Å². The number of hydrogen-bond acceptors (Lipinski definition) is 4. The second kappa shape index (κ2) is 5.29. The summed E-state index contributed by atoms with van der Waals surface area (Å²) in [5.74, 6) is 1.77. The summed E-state index contributed by atoms with van der Waals surface area (Å²) in [6.45, 7) is 1.15. The number of fused-ring (bicyclic) bond motifs is 1. The SMILES string of the molecule is CSCc1nc2c(s1)CCCC2CNC1CC1. The van der Waals surface area contributed by atoms with E-state index < -0.39 is 0 Å². The third kappa shape index (κ3) is 2.85. The first kappa shape index (κ1) is 12.0. The van der Waals surface area contributed by atoms with Crippen LogP contribution < -0.4 is 5.32 Å². The van der Waals surface area contributed by atoms with Crippen molar-refractivity contribution in [1.82, 2.24) is 10.3 Å². The zero-order valence-electron chi connectivity index (χ0n) is 10.4. The van der Waals surface area contributed by atoms with E-state index in [1.807, 2.05) is 23.1 Å². The number of aryl methyl sites for hydroxylation is 1. The maximum absolute atomic E-state index is 4.88. The summed E-state index contributed by atoms with van der Waals surface area (Å²) in [5, 5.41) is 5.00. The highest BCUT2D eigenvalue weighted by atomic mass is 32.2. The van der Waals surface area contributed by atoms with Crippen molar-refractivity contribution in [3.63, 3.8) is 0 Å². The largest absolute Gasteiger partial charge is 0.313 e. The molecule has 2 aliphatic carbocycles. The fraction of sp³-hybridized carbons (Fsp3) is 0.769. The Bertz CT molecular complexity index is 385. The summed E-state index contributed by atoms with van der Waals surface area (Å²) < 4.78 is 0. The maximum Gasteiger partial charge on any atom is 0.103 e. The van der Waals surface area contributed by atoms with Crippen LogP contribution in [0.2, 0.25) is 0 Å². The molecule has 3 rings (SSSR count). The van der Waals surface area contributed by atoms with Crippen molar-refractivity contribution in [1.29, 1.82) is 0 Å². The number of thioether (sulfide) groups is 1. The van der Waals surface area contributed by atoms with Gasteiger partial charge in [0, 0.05) is 29.1 Å². The van der Waals surface area contributed by atoms with E-state index in [1.54, 1.807) is 4.88 Å². The molecule has 2 aliphatic rings. The smallest absolute Gasteiger partial charge is 0.103 e. The molecule has 1 heterocycles. The second-order valence-corrected chi connectivity index (χ2v) is 7.15. The minimum absolute atomic E-state index is 0.686. The fourth-order valence-corrected chi connectivity index (χ4v) is 4.43. The predicted octanol–water partition coefficient (Wildman–Crippen LogP) is 3.18. The van der Waals surface area contributed by atoms with Gasteiger partial charge in [-0.05, 0) is 38.4 Å². The Balaban J connectivity index is 1.70. The molecule has 1 aromatic heterocycles. The lowest BCUT2D eigenvalue weighted by molar-refractivity contribution is 0.500. The molecule has 1 saturated carbocycles. The van der Waals surface area contributed by atoms with Crippen LogP contribution in [0.5, 0.6) is 0 Å². The van der Waals surface area contributed by atoms with Crippen LogP contribution in [-0.2, 0) is 12.2 Å². The number of rotatable bonds is 5. The second-order valence-electron chi connectivity index (χ2n) is 5.12. The highest BCUT2D eigenvalue weighted by molar-refractivity contribution is 7.97. The van der Waals surface area contributed by atoms with Crippen LogP contribution in [0.15, 0.2) is 0 Å². The standard InChI is InChI=1S/C13H20N2S2/c1-16-8-12-15-13-9(7-14-10-5-6-10)3-2-4-11(13)17-12/h9-10,14H,2-8H2,1H3. The maximum atomic E-state index is 4.88. The van der Waals surface area contributed by atoms with Crippen molar-refractivity contribution in [3.8, 4) is 0 Å². The van der Waals surface area contributed by atoms with Crippen LogP contribution in [0.1, 0.15) is 47.2 Å². The Kier molecular flexibility index (Phi) is 3.73. The van der Waals surface area contributed by atoms with E-state index in [0.717, 1.165) is 18.3 Å². The van der Waals surface area contributed by atoms with E-state index in [1.165, 1.54) is 42.8 Å². The van der Waals surface area contributed by atoms with Gasteiger partial charge in [-0.25, -0.2) is 4.98 Å². The molecule has 0 bridgehead atoms. The molecule has 17 heavy (non-hydrogen) atoms. The number of aromatic nitrogens is 1. The van der Waals surface area contributed by atoms with Crippen molar-refractivity contribution < 1.29 is 0 Å². The van der Waals surface area contributed by atoms with Gasteiger partial charge in [-0.3, -0.25) is 0 Å². The highest BCUT2D eigenvalue weighted by Crippen LogP contribution is 2.35. The monoisotopic (exact) mass is 268 g/mol. The van der Waals surface area contributed by atoms with Gasteiger partial charge >= 0.3 is 0 Å². The van der Waals surface area contributed by atoms with Crippen LogP contribution in [0, 0.1) is 0 Å². The molecular formula is C13H20N2S2. The molecule has 0 aliphatic heterocycles. The van der Waals surface area contributed by atoms with Gasteiger partial charge in [0.1, 0.15) is 5.01 Å². The van der Waals surface area contributed by atoms with Crippen molar-refractivity contribution >= 4 is 23.1 Å². The summed E-state index contributed by atoms with van der Waals surface area (Å²) in [6, 6.07) is 0.824. The van der Waals surface area contributed by atoms with E-state index in [2.05, 4.69) is 11.6 Å². The number of nitrogens with zero attached hydrogens (tertiary/aromatic N) is 1. The van der Waals surface area contributed by atoms with Crippen LogP contribution in [-0.4, -0.2) is 23.8 Å². The lowest BCUT2D eigenvalue weighted by Crippen LogP contribution is -2.25. The molecule has 94 valence electrons. The third-order valence-electron chi connectivity index (χ3n) is 3.61. The third-order valence-corrected chi connectivity index (χ3v) is 5.49. The first-order valence-electron chi connectivity index (χ1n) is 6.57. The van der Waals surface area contributed by atoms with E-state index in [0.29, 0.717) is 5.92 Å². The Hall–Kier alpha value is -0.0600. The predicted molar refractivity (Wildman–Crippen MR) is 76.0 cm³/mol. The average molecular weight is 268 g/mol. The van der Waals surface area contributed by atoms with E-state index in [9.17, 15) is 0 Å². The summed E-state index contributed by atoms with van der Waals surface area (Å²) in [4.78, 5) is 6.45. The molecule has 0 saturated heterocycles. The van der Waals surface area contributed by atoms with Gasteiger partial charge in [-0.15, -0.1) is 11.3 Å². The summed E-state index contributed by atoms with van der Waals surface area (Å²) >= 11 is 3.83. The Morgan fingerprint density at radius 3 is 3.06 bits per heavy atom. The fourth-order valence-electron chi connectivity index (χ4n) is 2.54. The summed E-state index contributed by atoms with van der Waals surface area (Å²) in [6.07, 6.45) is 8.87. The Labute approximate surface area is 112 Å². The number of nitrogens with one attached hydrogen (secondary N) is 1. The topological polar surface area (TPSA) is 24.9 Å². The van der Waals surface area contributed by atoms with Gasteiger partial charge in [-0.1, -0.05) is 0 Å². The van der Waals surface area contributed by atoms with Gasteiger partial charge in [0.25, 0.3) is 0 Å². The van der Waals surface area contributed by atoms with Crippen molar-refractivity contribution in [2.75, 3.05) is 12.8 Å². The van der Waals surface area contributed by atoms with Gasteiger partial charge in [-0.2, -0.15) is 11.8 Å². The molecule has 0 aromatic carbocycles. The lowest BCUT2D eigenvalue weighted by atomic mass is 9.91. The zero-order chi connectivity index (χ0) is 11.7. The first-order valence-corrected chi connectivity index (χ1v) is 8.78. The minimum atomic E-state index is 0.686. The zero-order valence-corrected chi connectivity index (χ0v) is 12.0. The normalized spacial score (nSPS) is 23.7. The number of thiazole rings is 1. The van der Waals surface area contributed by atoms with Crippen LogP contribution in [0.25, 0.3) is 0 Å². The van der Waals surface area contributed by atoms with Crippen molar-refractivity contribution in [2.45, 2.75) is 49.8 Å². The molecule has 4 heteroatoms. The lowest BCUT2D eigenvalue weighted by Gasteiger charge is -2.21.